The Bertz CT molecular complexity index is 240. The molecule has 0 unspecified atom stereocenters. The first kappa shape index (κ1) is 9.49. The Balaban J connectivity index is 2.21. The third-order valence-corrected chi connectivity index (χ3v) is 4.13. The lowest BCUT2D eigenvalue weighted by atomic mass is 9.54. The van der Waals surface area contributed by atoms with E-state index in [0.29, 0.717) is 38.5 Å². The Labute approximate surface area is 81.9 Å². The third kappa shape index (κ3) is 1.06. The molecule has 3 saturated carbocycles. The van der Waals surface area contributed by atoms with E-state index in [1.54, 1.807) is 0 Å². The predicted octanol–water partition coefficient (Wildman–Crippen LogP) is 0.161. The Morgan fingerprint density at radius 3 is 1.57 bits per heavy atom. The van der Waals surface area contributed by atoms with Crippen LogP contribution in [0.3, 0.4) is 0 Å². The Hall–Kier alpha value is -1.06. The minimum atomic E-state index is -0.990. The van der Waals surface area contributed by atoms with Crippen LogP contribution < -0.4 is 5.11 Å². The van der Waals surface area contributed by atoms with Crippen LogP contribution in [0.25, 0.3) is 0 Å². The maximum atomic E-state index is 11.0. The van der Waals surface area contributed by atoms with Crippen molar-refractivity contribution in [3.63, 3.8) is 0 Å². The highest BCUT2D eigenvalue weighted by Gasteiger charge is 2.53. The molecule has 0 saturated heterocycles. The number of aliphatic carboxylic acids is 2. The fraction of sp³-hybridized carbons (Fsp3) is 0.800. The molecule has 3 fully saturated rings. The summed E-state index contributed by atoms with van der Waals surface area (Å²) in [5.41, 5.74) is -1.34. The van der Waals surface area contributed by atoms with E-state index in [1.807, 2.05) is 0 Å². The predicted molar refractivity (Wildman–Crippen MR) is 45.2 cm³/mol. The standard InChI is InChI=1S/C10H14O4/c11-7(12)9-1-2-10(5-3-9,6-4-9)8(13)14/h1-6H2,(H,11,12)(H,13,14)/p-1. The molecule has 0 atom stereocenters. The van der Waals surface area contributed by atoms with Gasteiger partial charge < -0.3 is 15.0 Å². The van der Waals surface area contributed by atoms with Gasteiger partial charge in [-0.25, -0.2) is 0 Å². The van der Waals surface area contributed by atoms with Crippen LogP contribution in [0.15, 0.2) is 0 Å². The fourth-order valence-electron chi connectivity index (χ4n) is 2.81. The number of carbonyl (C=O) groups excluding carboxylic acids is 1. The molecule has 3 aliphatic carbocycles. The molecular formula is C10H13O4-. The number of hydrogen-bond acceptors (Lipinski definition) is 3. The zero-order valence-electron chi connectivity index (χ0n) is 7.91. The Morgan fingerprint density at radius 2 is 1.29 bits per heavy atom. The average molecular weight is 197 g/mol. The summed E-state index contributed by atoms with van der Waals surface area (Å²) >= 11 is 0. The molecule has 0 amide bonds. The molecule has 0 aromatic rings. The van der Waals surface area contributed by atoms with Gasteiger partial charge in [-0.05, 0) is 38.5 Å². The molecule has 4 heteroatoms. The van der Waals surface area contributed by atoms with E-state index in [9.17, 15) is 14.7 Å². The van der Waals surface area contributed by atoms with E-state index in [-0.39, 0.29) is 0 Å². The normalized spacial score (nSPS) is 40.9. The zero-order chi connectivity index (χ0) is 10.4. The van der Waals surface area contributed by atoms with Gasteiger partial charge in [0.1, 0.15) is 0 Å². The van der Waals surface area contributed by atoms with Crippen LogP contribution in [-0.2, 0) is 9.59 Å². The van der Waals surface area contributed by atoms with Crippen LogP contribution in [0.1, 0.15) is 38.5 Å². The second kappa shape index (κ2) is 2.72. The molecule has 0 aromatic heterocycles. The molecule has 0 aliphatic heterocycles. The number of hydrogen-bond donors (Lipinski definition) is 1. The van der Waals surface area contributed by atoms with Gasteiger partial charge >= 0.3 is 5.97 Å². The number of rotatable bonds is 2. The van der Waals surface area contributed by atoms with E-state index in [4.69, 9.17) is 5.11 Å². The first-order valence-electron chi connectivity index (χ1n) is 4.96. The largest absolute Gasteiger partial charge is 0.550 e. The molecule has 1 N–H and O–H groups in total. The molecule has 3 aliphatic rings. The SMILES string of the molecule is O=C([O-])C12CCC(C(=O)O)(CC1)CC2. The van der Waals surface area contributed by atoms with Gasteiger partial charge in [0.15, 0.2) is 0 Å². The summed E-state index contributed by atoms with van der Waals surface area (Å²) < 4.78 is 0. The van der Waals surface area contributed by atoms with Crippen LogP contribution in [-0.4, -0.2) is 17.0 Å². The third-order valence-electron chi connectivity index (χ3n) is 4.13. The van der Waals surface area contributed by atoms with E-state index in [1.165, 1.54) is 0 Å². The van der Waals surface area contributed by atoms with Crippen LogP contribution >= 0.6 is 0 Å². The van der Waals surface area contributed by atoms with E-state index in [2.05, 4.69) is 0 Å². The van der Waals surface area contributed by atoms with Crippen LogP contribution in [0.5, 0.6) is 0 Å². The van der Waals surface area contributed by atoms with E-state index >= 15 is 0 Å². The second-order valence-corrected chi connectivity index (χ2v) is 4.65. The molecule has 0 radical (unpaired) electrons. The molecule has 0 spiro atoms. The molecule has 0 heterocycles. The van der Waals surface area contributed by atoms with E-state index in [0.717, 1.165) is 0 Å². The van der Waals surface area contributed by atoms with Crippen LogP contribution in [0.4, 0.5) is 0 Å². The van der Waals surface area contributed by atoms with Gasteiger partial charge in [0.2, 0.25) is 0 Å². The maximum absolute atomic E-state index is 11.0. The average Bonchev–Trinajstić information content (AvgIpc) is 2.20. The monoisotopic (exact) mass is 197 g/mol. The topological polar surface area (TPSA) is 77.4 Å². The summed E-state index contributed by atoms with van der Waals surface area (Å²) in [6, 6.07) is 0. The lowest BCUT2D eigenvalue weighted by molar-refractivity contribution is -0.324. The Morgan fingerprint density at radius 1 is 0.929 bits per heavy atom. The molecule has 14 heavy (non-hydrogen) atoms. The minimum Gasteiger partial charge on any atom is -0.550 e. The maximum Gasteiger partial charge on any atom is 0.309 e. The number of carboxylic acids is 2. The van der Waals surface area contributed by atoms with Crippen molar-refractivity contribution in [1.29, 1.82) is 0 Å². The fourth-order valence-corrected chi connectivity index (χ4v) is 2.81. The van der Waals surface area contributed by atoms with Gasteiger partial charge in [-0.3, -0.25) is 4.79 Å². The molecule has 4 nitrogen and oxygen atoms in total. The second-order valence-electron chi connectivity index (χ2n) is 4.65. The first-order chi connectivity index (χ1) is 6.51. The van der Waals surface area contributed by atoms with E-state index < -0.39 is 22.8 Å². The molecular weight excluding hydrogens is 184 g/mol. The zero-order valence-corrected chi connectivity index (χ0v) is 7.91. The molecule has 2 bridgehead atoms. The van der Waals surface area contributed by atoms with Gasteiger partial charge in [-0.1, -0.05) is 0 Å². The summed E-state index contributed by atoms with van der Waals surface area (Å²) in [5.74, 6) is -1.75. The molecule has 3 rings (SSSR count). The summed E-state index contributed by atoms with van der Waals surface area (Å²) in [5, 5.41) is 20.0. The van der Waals surface area contributed by atoms with Gasteiger partial charge in [0, 0.05) is 11.4 Å². The van der Waals surface area contributed by atoms with Gasteiger partial charge in [-0.15, -0.1) is 0 Å². The highest BCUT2D eigenvalue weighted by Crippen LogP contribution is 2.56. The van der Waals surface area contributed by atoms with Crippen molar-refractivity contribution >= 4 is 11.9 Å². The summed E-state index contributed by atoms with van der Waals surface area (Å²) in [6.45, 7) is 0. The molecule has 78 valence electrons. The van der Waals surface area contributed by atoms with Gasteiger partial charge in [-0.2, -0.15) is 0 Å². The van der Waals surface area contributed by atoms with Crippen molar-refractivity contribution in [1.82, 2.24) is 0 Å². The number of carboxylic acid groups (broad SMARTS) is 2. The van der Waals surface area contributed by atoms with Crippen molar-refractivity contribution in [2.45, 2.75) is 38.5 Å². The number of fused-ring (bicyclic) bond motifs is 3. The van der Waals surface area contributed by atoms with Crippen LogP contribution in [0, 0.1) is 10.8 Å². The molecule has 0 aromatic carbocycles. The van der Waals surface area contributed by atoms with Crippen molar-refractivity contribution < 1.29 is 19.8 Å². The summed E-state index contributed by atoms with van der Waals surface area (Å²) in [6.07, 6.45) is 2.91. The van der Waals surface area contributed by atoms with Crippen molar-refractivity contribution in [3.05, 3.63) is 0 Å². The lowest BCUT2D eigenvalue weighted by Crippen LogP contribution is -2.53. The smallest absolute Gasteiger partial charge is 0.309 e. The van der Waals surface area contributed by atoms with Gasteiger partial charge in [0.25, 0.3) is 0 Å². The quantitative estimate of drug-likeness (QED) is 0.684. The highest BCUT2D eigenvalue weighted by molar-refractivity contribution is 5.78. The first-order valence-corrected chi connectivity index (χ1v) is 4.96. The number of carbonyl (C=O) groups is 2. The Kier molecular flexibility index (Phi) is 1.84. The van der Waals surface area contributed by atoms with Crippen molar-refractivity contribution in [2.24, 2.45) is 10.8 Å². The summed E-state index contributed by atoms with van der Waals surface area (Å²) in [7, 11) is 0. The lowest BCUT2D eigenvalue weighted by Gasteiger charge is -2.51. The highest BCUT2D eigenvalue weighted by atomic mass is 16.4. The van der Waals surface area contributed by atoms with Crippen molar-refractivity contribution in [3.8, 4) is 0 Å². The summed E-state index contributed by atoms with van der Waals surface area (Å²) in [4.78, 5) is 22.0. The minimum absolute atomic E-state index is 0.474. The van der Waals surface area contributed by atoms with Gasteiger partial charge in [0.05, 0.1) is 5.41 Å². The van der Waals surface area contributed by atoms with Crippen molar-refractivity contribution in [2.75, 3.05) is 0 Å². The van der Waals surface area contributed by atoms with Crippen LogP contribution in [0.2, 0.25) is 0 Å².